The van der Waals surface area contributed by atoms with Gasteiger partial charge in [0, 0.05) is 11.3 Å². The van der Waals surface area contributed by atoms with Gasteiger partial charge < -0.3 is 5.73 Å². The Balaban J connectivity index is 4.27. The minimum absolute atomic E-state index is 0.313. The summed E-state index contributed by atoms with van der Waals surface area (Å²) in [5, 5.41) is 0.580. The van der Waals surface area contributed by atoms with Gasteiger partial charge >= 0.3 is 0 Å². The van der Waals surface area contributed by atoms with Gasteiger partial charge in [0.25, 0.3) is 0 Å². The van der Waals surface area contributed by atoms with Crippen molar-refractivity contribution in [3.05, 3.63) is 0 Å². The fourth-order valence-electron chi connectivity index (χ4n) is 1.62. The second kappa shape index (κ2) is 6.80. The van der Waals surface area contributed by atoms with Crippen LogP contribution >= 0.6 is 11.8 Å². The molecule has 3 atom stereocenters. The Morgan fingerprint density at radius 2 is 1.67 bits per heavy atom. The molecule has 0 saturated carbocycles. The van der Waals surface area contributed by atoms with Crippen LogP contribution in [0, 0.1) is 11.3 Å². The Kier molecular flexibility index (Phi) is 6.94. The summed E-state index contributed by atoms with van der Waals surface area (Å²) in [4.78, 5) is 0. The number of hydrogen-bond donors (Lipinski definition) is 1. The van der Waals surface area contributed by atoms with E-state index in [4.69, 9.17) is 5.73 Å². The molecule has 0 aliphatic rings. The third-order valence-corrected chi connectivity index (χ3v) is 5.15. The smallest absolute Gasteiger partial charge is 0.0247 e. The van der Waals surface area contributed by atoms with Gasteiger partial charge in [0.2, 0.25) is 0 Å². The predicted octanol–water partition coefficient (Wildman–Crippen LogP) is 3.92. The van der Waals surface area contributed by atoms with E-state index in [-0.39, 0.29) is 0 Å². The highest BCUT2D eigenvalue weighted by Gasteiger charge is 2.29. The van der Waals surface area contributed by atoms with Crippen molar-refractivity contribution in [1.29, 1.82) is 0 Å². The van der Waals surface area contributed by atoms with Crippen molar-refractivity contribution in [2.75, 3.05) is 5.75 Å². The third kappa shape index (κ3) is 5.82. The van der Waals surface area contributed by atoms with Gasteiger partial charge in [-0.2, -0.15) is 11.8 Å². The fourth-order valence-corrected chi connectivity index (χ4v) is 3.33. The molecule has 0 aliphatic heterocycles. The first kappa shape index (κ1) is 15.3. The Morgan fingerprint density at radius 1 is 1.13 bits per heavy atom. The average Bonchev–Trinajstić information content (AvgIpc) is 2.15. The van der Waals surface area contributed by atoms with Gasteiger partial charge in [-0.1, -0.05) is 48.0 Å². The standard InChI is InChI=1S/C13H29NS/c1-7-10(3)9-15-12(11(14)8-2)13(4,5)6/h10-12H,7-9,14H2,1-6H3. The zero-order valence-corrected chi connectivity index (χ0v) is 12.2. The van der Waals surface area contributed by atoms with Crippen LogP contribution in [0.25, 0.3) is 0 Å². The minimum Gasteiger partial charge on any atom is -0.327 e. The molecule has 0 saturated heterocycles. The SMILES string of the molecule is CCC(C)CSC(C(N)CC)C(C)(C)C. The van der Waals surface area contributed by atoms with E-state index in [2.05, 4.69) is 53.3 Å². The van der Waals surface area contributed by atoms with Crippen LogP contribution in [0.1, 0.15) is 54.4 Å². The van der Waals surface area contributed by atoms with E-state index in [0.29, 0.717) is 16.7 Å². The zero-order valence-electron chi connectivity index (χ0n) is 11.3. The van der Waals surface area contributed by atoms with Crippen LogP contribution in [-0.2, 0) is 0 Å². The highest BCUT2D eigenvalue weighted by molar-refractivity contribution is 8.00. The number of thioether (sulfide) groups is 1. The van der Waals surface area contributed by atoms with E-state index in [1.807, 2.05) is 0 Å². The van der Waals surface area contributed by atoms with Crippen LogP contribution in [0.15, 0.2) is 0 Å². The van der Waals surface area contributed by atoms with Crippen molar-refractivity contribution >= 4 is 11.8 Å². The van der Waals surface area contributed by atoms with Crippen molar-refractivity contribution in [2.45, 2.75) is 65.7 Å². The molecule has 15 heavy (non-hydrogen) atoms. The summed E-state index contributed by atoms with van der Waals surface area (Å²) in [6.07, 6.45) is 2.35. The van der Waals surface area contributed by atoms with Crippen LogP contribution in [0.3, 0.4) is 0 Å². The molecule has 0 heterocycles. The van der Waals surface area contributed by atoms with Crippen molar-refractivity contribution in [2.24, 2.45) is 17.1 Å². The van der Waals surface area contributed by atoms with Crippen LogP contribution in [-0.4, -0.2) is 17.0 Å². The molecule has 1 nitrogen and oxygen atoms in total. The van der Waals surface area contributed by atoms with E-state index >= 15 is 0 Å². The van der Waals surface area contributed by atoms with E-state index in [1.54, 1.807) is 0 Å². The molecule has 2 heteroatoms. The van der Waals surface area contributed by atoms with Gasteiger partial charge in [-0.3, -0.25) is 0 Å². The molecule has 0 amide bonds. The Morgan fingerprint density at radius 3 is 2.00 bits per heavy atom. The molecule has 0 bridgehead atoms. The van der Waals surface area contributed by atoms with Gasteiger partial charge in [-0.15, -0.1) is 0 Å². The number of nitrogens with two attached hydrogens (primary N) is 1. The number of rotatable bonds is 6. The van der Waals surface area contributed by atoms with E-state index < -0.39 is 0 Å². The fraction of sp³-hybridized carbons (Fsp3) is 1.00. The van der Waals surface area contributed by atoms with Crippen molar-refractivity contribution in [3.63, 3.8) is 0 Å². The number of hydrogen-bond acceptors (Lipinski definition) is 2. The van der Waals surface area contributed by atoms with Crippen LogP contribution < -0.4 is 5.73 Å². The lowest BCUT2D eigenvalue weighted by Gasteiger charge is -2.35. The molecule has 0 spiro atoms. The summed E-state index contributed by atoms with van der Waals surface area (Å²) >= 11 is 2.07. The lowest BCUT2D eigenvalue weighted by Crippen LogP contribution is -2.41. The Bertz CT molecular complexity index is 162. The van der Waals surface area contributed by atoms with Crippen molar-refractivity contribution < 1.29 is 0 Å². The molecule has 0 fully saturated rings. The highest BCUT2D eigenvalue weighted by Crippen LogP contribution is 2.34. The molecular weight excluding hydrogens is 202 g/mol. The predicted molar refractivity (Wildman–Crippen MR) is 73.4 cm³/mol. The average molecular weight is 231 g/mol. The Hall–Kier alpha value is 0.310. The van der Waals surface area contributed by atoms with E-state index in [0.717, 1.165) is 12.3 Å². The van der Waals surface area contributed by atoms with Crippen molar-refractivity contribution in [3.8, 4) is 0 Å². The molecule has 92 valence electrons. The van der Waals surface area contributed by atoms with Crippen LogP contribution in [0.4, 0.5) is 0 Å². The summed E-state index contributed by atoms with van der Waals surface area (Å²) < 4.78 is 0. The first-order valence-electron chi connectivity index (χ1n) is 6.20. The third-order valence-electron chi connectivity index (χ3n) is 2.97. The molecule has 0 aromatic carbocycles. The maximum atomic E-state index is 6.21. The first-order valence-corrected chi connectivity index (χ1v) is 7.24. The van der Waals surface area contributed by atoms with Gasteiger partial charge in [0.1, 0.15) is 0 Å². The maximum absolute atomic E-state index is 6.21. The summed E-state index contributed by atoms with van der Waals surface area (Å²) in [5.74, 6) is 2.05. The van der Waals surface area contributed by atoms with Crippen LogP contribution in [0.2, 0.25) is 0 Å². The molecular formula is C13H29NS. The summed E-state index contributed by atoms with van der Waals surface area (Å²) in [7, 11) is 0. The quantitative estimate of drug-likeness (QED) is 0.750. The largest absolute Gasteiger partial charge is 0.327 e. The monoisotopic (exact) mass is 231 g/mol. The maximum Gasteiger partial charge on any atom is 0.0247 e. The van der Waals surface area contributed by atoms with Gasteiger partial charge in [0.15, 0.2) is 0 Å². The normalized spacial score (nSPS) is 18.6. The van der Waals surface area contributed by atoms with Crippen LogP contribution in [0.5, 0.6) is 0 Å². The topological polar surface area (TPSA) is 26.0 Å². The molecule has 0 rings (SSSR count). The van der Waals surface area contributed by atoms with Gasteiger partial charge in [0.05, 0.1) is 0 Å². The van der Waals surface area contributed by atoms with Crippen molar-refractivity contribution in [1.82, 2.24) is 0 Å². The van der Waals surface area contributed by atoms with E-state index in [9.17, 15) is 0 Å². The molecule has 0 aromatic rings. The summed E-state index contributed by atoms with van der Waals surface area (Å²) in [6, 6.07) is 0.332. The summed E-state index contributed by atoms with van der Waals surface area (Å²) in [6.45, 7) is 13.7. The molecule has 3 unspecified atom stereocenters. The minimum atomic E-state index is 0.313. The first-order chi connectivity index (χ1) is 6.82. The van der Waals surface area contributed by atoms with E-state index in [1.165, 1.54) is 12.2 Å². The molecule has 2 N–H and O–H groups in total. The second-order valence-corrected chi connectivity index (χ2v) is 6.88. The lowest BCUT2D eigenvalue weighted by molar-refractivity contribution is 0.349. The summed E-state index contributed by atoms with van der Waals surface area (Å²) in [5.41, 5.74) is 6.52. The second-order valence-electron chi connectivity index (χ2n) is 5.71. The molecule has 0 radical (unpaired) electrons. The zero-order chi connectivity index (χ0) is 12.1. The molecule has 0 aromatic heterocycles. The Labute approximate surface area is 101 Å². The molecule has 0 aliphatic carbocycles. The van der Waals surface area contributed by atoms with Gasteiger partial charge in [-0.25, -0.2) is 0 Å². The van der Waals surface area contributed by atoms with Gasteiger partial charge in [-0.05, 0) is 23.5 Å². The highest BCUT2D eigenvalue weighted by atomic mass is 32.2. The lowest BCUT2D eigenvalue weighted by atomic mass is 9.87.